The van der Waals surface area contributed by atoms with Crippen LogP contribution >= 0.6 is 0 Å². The van der Waals surface area contributed by atoms with Crippen LogP contribution in [0.1, 0.15) is 37.3 Å². The van der Waals surface area contributed by atoms with E-state index in [4.69, 9.17) is 0 Å². The molecule has 0 bridgehead atoms. The number of carbonyl (C=O) groups excluding carboxylic acids is 1. The van der Waals surface area contributed by atoms with Crippen molar-refractivity contribution in [1.29, 1.82) is 5.26 Å². The van der Waals surface area contributed by atoms with E-state index in [1.54, 1.807) is 12.1 Å². The minimum Gasteiger partial charge on any atom is -0.363 e. The SMILES string of the molecule is CN(C)C1=C(C#N)[C@@H]([C@@H]2CCCCC2=O)c2c(c3ccccc3n2C)N1c1ccc([N+](=O)[O-])cc1. The van der Waals surface area contributed by atoms with Crippen LogP contribution in [-0.2, 0) is 11.8 Å². The maximum Gasteiger partial charge on any atom is 0.269 e. The van der Waals surface area contributed by atoms with Crippen molar-refractivity contribution >= 4 is 33.7 Å². The maximum atomic E-state index is 13.2. The second kappa shape index (κ2) is 8.58. The first-order valence-corrected chi connectivity index (χ1v) is 11.8. The third kappa shape index (κ3) is 3.46. The highest BCUT2D eigenvalue weighted by Crippen LogP contribution is 2.53. The third-order valence-corrected chi connectivity index (χ3v) is 7.27. The molecule has 0 saturated heterocycles. The highest BCUT2D eigenvalue weighted by Gasteiger charge is 2.45. The van der Waals surface area contributed by atoms with Crippen LogP contribution in [-0.4, -0.2) is 34.3 Å². The lowest BCUT2D eigenvalue weighted by atomic mass is 9.72. The molecule has 2 atom stereocenters. The Labute approximate surface area is 203 Å². The van der Waals surface area contributed by atoms with Gasteiger partial charge in [-0.2, -0.15) is 5.26 Å². The first-order valence-electron chi connectivity index (χ1n) is 11.8. The zero-order valence-corrected chi connectivity index (χ0v) is 20.1. The number of Topliss-reactive ketones (excluding diaryl/α,β-unsaturated/α-hetero) is 1. The molecule has 3 aromatic rings. The van der Waals surface area contributed by atoms with E-state index in [-0.39, 0.29) is 23.3 Å². The molecule has 0 spiro atoms. The van der Waals surface area contributed by atoms with Gasteiger partial charge in [0.15, 0.2) is 0 Å². The lowest BCUT2D eigenvalue weighted by Gasteiger charge is -2.41. The number of nitro groups is 1. The molecule has 0 N–H and O–H groups in total. The number of aromatic nitrogens is 1. The second-order valence-electron chi connectivity index (χ2n) is 9.46. The summed E-state index contributed by atoms with van der Waals surface area (Å²) in [6, 6.07) is 16.9. The normalized spacial score (nSPS) is 20.1. The minimum atomic E-state index is -0.419. The molecule has 1 aliphatic heterocycles. The summed E-state index contributed by atoms with van der Waals surface area (Å²) in [6.45, 7) is 0. The topological polar surface area (TPSA) is 95.4 Å². The molecule has 2 aliphatic rings. The number of nitrogens with zero attached hydrogens (tertiary/aromatic N) is 5. The molecule has 8 nitrogen and oxygen atoms in total. The van der Waals surface area contributed by atoms with Gasteiger partial charge in [0.1, 0.15) is 11.6 Å². The number of hydrogen-bond acceptors (Lipinski definition) is 6. The van der Waals surface area contributed by atoms with Crippen molar-refractivity contribution in [1.82, 2.24) is 9.47 Å². The summed E-state index contributed by atoms with van der Waals surface area (Å²) in [5.74, 6) is 0.293. The number of nitriles is 1. The van der Waals surface area contributed by atoms with Crippen molar-refractivity contribution in [3.63, 3.8) is 0 Å². The monoisotopic (exact) mass is 469 g/mol. The zero-order valence-electron chi connectivity index (χ0n) is 20.1. The number of allylic oxidation sites excluding steroid dienone is 1. The third-order valence-electron chi connectivity index (χ3n) is 7.27. The van der Waals surface area contributed by atoms with Crippen molar-refractivity contribution in [2.24, 2.45) is 13.0 Å². The molecule has 0 radical (unpaired) electrons. The Morgan fingerprint density at radius 1 is 1.11 bits per heavy atom. The number of ketones is 1. The molecule has 2 aromatic carbocycles. The molecular weight excluding hydrogens is 442 g/mol. The number of aryl methyl sites for hydroxylation is 1. The van der Waals surface area contributed by atoms with E-state index in [0.717, 1.165) is 47.2 Å². The predicted octanol–water partition coefficient (Wildman–Crippen LogP) is 5.38. The fourth-order valence-corrected chi connectivity index (χ4v) is 5.78. The maximum absolute atomic E-state index is 13.2. The van der Waals surface area contributed by atoms with E-state index in [1.807, 2.05) is 49.1 Å². The van der Waals surface area contributed by atoms with Gasteiger partial charge in [0.05, 0.1) is 33.5 Å². The number of nitro benzene ring substituents is 1. The van der Waals surface area contributed by atoms with Crippen molar-refractivity contribution < 1.29 is 9.72 Å². The summed E-state index contributed by atoms with van der Waals surface area (Å²) < 4.78 is 2.11. The van der Waals surface area contributed by atoms with Gasteiger partial charge in [-0.1, -0.05) is 24.6 Å². The summed E-state index contributed by atoms with van der Waals surface area (Å²) in [5, 5.41) is 22.8. The fraction of sp³-hybridized carbons (Fsp3) is 0.333. The van der Waals surface area contributed by atoms with E-state index in [9.17, 15) is 20.2 Å². The molecule has 0 unspecified atom stereocenters. The van der Waals surface area contributed by atoms with Crippen molar-refractivity contribution in [2.45, 2.75) is 31.6 Å². The lowest BCUT2D eigenvalue weighted by molar-refractivity contribution is -0.384. The molecule has 0 amide bonds. The smallest absolute Gasteiger partial charge is 0.269 e. The number of anilines is 2. The van der Waals surface area contributed by atoms with Crippen LogP contribution in [0.2, 0.25) is 0 Å². The number of benzene rings is 2. The molecule has 8 heteroatoms. The van der Waals surface area contributed by atoms with E-state index in [2.05, 4.69) is 16.7 Å². The molecular formula is C27H27N5O3. The van der Waals surface area contributed by atoms with Crippen molar-refractivity contribution in [2.75, 3.05) is 19.0 Å². The second-order valence-corrected chi connectivity index (χ2v) is 9.46. The van der Waals surface area contributed by atoms with Gasteiger partial charge >= 0.3 is 0 Å². The van der Waals surface area contributed by atoms with Crippen molar-refractivity contribution in [3.05, 3.63) is 75.7 Å². The molecule has 2 heterocycles. The largest absolute Gasteiger partial charge is 0.363 e. The van der Waals surface area contributed by atoms with Crippen LogP contribution < -0.4 is 4.90 Å². The van der Waals surface area contributed by atoms with Gasteiger partial charge < -0.3 is 9.47 Å². The van der Waals surface area contributed by atoms with Crippen molar-refractivity contribution in [3.8, 4) is 6.07 Å². The van der Waals surface area contributed by atoms with E-state index in [1.165, 1.54) is 12.1 Å². The molecule has 178 valence electrons. The van der Waals surface area contributed by atoms with Gasteiger partial charge in [0.25, 0.3) is 5.69 Å². The molecule has 35 heavy (non-hydrogen) atoms. The highest BCUT2D eigenvalue weighted by atomic mass is 16.6. The van der Waals surface area contributed by atoms with E-state index >= 15 is 0 Å². The standard InChI is InChI=1S/C27H27N5O3/c1-29(2)27-21(16-28)24(20-9-5-7-11-23(20)33)26-25(19-8-4-6-10-22(19)30(26)3)31(27)17-12-14-18(15-13-17)32(34)35/h4,6,8,10,12-15,20,24H,5,7,9,11H2,1-3H3/t20-,24-/m1/s1. The van der Waals surface area contributed by atoms with Crippen LogP contribution in [0.4, 0.5) is 17.1 Å². The number of non-ortho nitro benzene ring substituents is 1. The summed E-state index contributed by atoms with van der Waals surface area (Å²) in [6.07, 6.45) is 3.16. The van der Waals surface area contributed by atoms with Gasteiger partial charge in [-0.25, -0.2) is 0 Å². The van der Waals surface area contributed by atoms with E-state index < -0.39 is 4.92 Å². The average Bonchev–Trinajstić information content (AvgIpc) is 3.15. The number of hydrogen-bond donors (Lipinski definition) is 0. The Bertz CT molecular complexity index is 1410. The number of carbonyl (C=O) groups is 1. The Balaban J connectivity index is 1.85. The molecule has 1 aromatic heterocycles. The first-order chi connectivity index (χ1) is 16.8. The Morgan fingerprint density at radius 3 is 2.46 bits per heavy atom. The molecule has 1 saturated carbocycles. The Morgan fingerprint density at radius 2 is 1.83 bits per heavy atom. The molecule has 1 aliphatic carbocycles. The van der Waals surface area contributed by atoms with Gasteiger partial charge in [0.2, 0.25) is 0 Å². The highest BCUT2D eigenvalue weighted by molar-refractivity contribution is 6.01. The summed E-state index contributed by atoms with van der Waals surface area (Å²) in [4.78, 5) is 28.0. The average molecular weight is 470 g/mol. The van der Waals surface area contributed by atoms with Crippen LogP contribution in [0.15, 0.2) is 59.9 Å². The van der Waals surface area contributed by atoms with Crippen LogP contribution in [0.3, 0.4) is 0 Å². The number of fused-ring (bicyclic) bond motifs is 3. The van der Waals surface area contributed by atoms with E-state index in [0.29, 0.717) is 17.8 Å². The van der Waals surface area contributed by atoms with Gasteiger partial charge in [-0.05, 0) is 31.0 Å². The lowest BCUT2D eigenvalue weighted by Crippen LogP contribution is -2.38. The fourth-order valence-electron chi connectivity index (χ4n) is 5.78. The minimum absolute atomic E-state index is 0.00507. The number of rotatable bonds is 4. The summed E-state index contributed by atoms with van der Waals surface area (Å²) in [5.41, 5.74) is 4.14. The van der Waals surface area contributed by atoms with Gasteiger partial charge in [0, 0.05) is 62.6 Å². The Hall–Kier alpha value is -4.12. The summed E-state index contributed by atoms with van der Waals surface area (Å²) >= 11 is 0. The molecule has 5 rings (SSSR count). The van der Waals surface area contributed by atoms with Gasteiger partial charge in [-0.15, -0.1) is 0 Å². The van der Waals surface area contributed by atoms with Crippen LogP contribution in [0, 0.1) is 27.4 Å². The first kappa shape index (κ1) is 22.7. The zero-order chi connectivity index (χ0) is 24.9. The quantitative estimate of drug-likeness (QED) is 0.376. The van der Waals surface area contributed by atoms with Crippen LogP contribution in [0.25, 0.3) is 10.9 Å². The summed E-state index contributed by atoms with van der Waals surface area (Å²) in [7, 11) is 5.77. The van der Waals surface area contributed by atoms with Gasteiger partial charge in [-0.3, -0.25) is 19.8 Å². The van der Waals surface area contributed by atoms with Crippen LogP contribution in [0.5, 0.6) is 0 Å². The Kier molecular flexibility index (Phi) is 5.56. The number of para-hydroxylation sites is 1. The molecule has 1 fully saturated rings. The predicted molar refractivity (Wildman–Crippen MR) is 134 cm³/mol.